The number of rotatable bonds is 4. The Labute approximate surface area is 165 Å². The van der Waals surface area contributed by atoms with Crippen LogP contribution in [0.3, 0.4) is 0 Å². The average Bonchev–Trinajstić information content (AvgIpc) is 3.26. The van der Waals surface area contributed by atoms with Crippen LogP contribution >= 0.6 is 11.6 Å². The van der Waals surface area contributed by atoms with Crippen molar-refractivity contribution in [2.75, 3.05) is 12.4 Å². The second-order valence-corrected chi connectivity index (χ2v) is 6.73. The van der Waals surface area contributed by atoms with E-state index in [1.165, 1.54) is 0 Å². The first-order valence-electron chi connectivity index (χ1n) is 8.45. The Balaban J connectivity index is 1.67. The molecule has 2 aromatic carbocycles. The quantitative estimate of drug-likeness (QED) is 0.520. The first kappa shape index (κ1) is 18.1. The number of ether oxygens (including phenoxy) is 1. The molecule has 2 heterocycles. The molecule has 0 bridgehead atoms. The van der Waals surface area contributed by atoms with E-state index in [4.69, 9.17) is 25.4 Å². The molecule has 8 heteroatoms. The SMILES string of the molecule is COc1ccc(-c2nonc2NC(=O)c2oc3ccc(Cl)cc3c2C)c(C)c1. The van der Waals surface area contributed by atoms with Gasteiger partial charge in [-0.1, -0.05) is 11.6 Å². The summed E-state index contributed by atoms with van der Waals surface area (Å²) in [6.45, 7) is 3.71. The summed E-state index contributed by atoms with van der Waals surface area (Å²) >= 11 is 6.04. The van der Waals surface area contributed by atoms with E-state index in [0.717, 1.165) is 22.3 Å². The molecule has 0 fully saturated rings. The van der Waals surface area contributed by atoms with E-state index in [1.807, 2.05) is 19.1 Å². The second-order valence-electron chi connectivity index (χ2n) is 6.29. The van der Waals surface area contributed by atoms with Gasteiger partial charge in [0.05, 0.1) is 7.11 Å². The van der Waals surface area contributed by atoms with Crippen molar-refractivity contribution < 1.29 is 18.6 Å². The van der Waals surface area contributed by atoms with Crippen molar-refractivity contribution in [2.45, 2.75) is 13.8 Å². The zero-order valence-electron chi connectivity index (χ0n) is 15.4. The number of methoxy groups -OCH3 is 1. The molecule has 142 valence electrons. The molecule has 0 atom stereocenters. The number of carbonyl (C=O) groups is 1. The van der Waals surface area contributed by atoms with Crippen LogP contribution in [-0.2, 0) is 0 Å². The summed E-state index contributed by atoms with van der Waals surface area (Å²) in [5.41, 5.74) is 3.36. The number of furan rings is 1. The van der Waals surface area contributed by atoms with Gasteiger partial charge in [0.2, 0.25) is 5.82 Å². The molecule has 2 aromatic heterocycles. The van der Waals surface area contributed by atoms with Crippen LogP contribution in [-0.4, -0.2) is 23.3 Å². The summed E-state index contributed by atoms with van der Waals surface area (Å²) in [5.74, 6) is 0.654. The molecule has 0 aliphatic rings. The fourth-order valence-electron chi connectivity index (χ4n) is 3.05. The minimum Gasteiger partial charge on any atom is -0.497 e. The number of amides is 1. The van der Waals surface area contributed by atoms with Crippen LogP contribution < -0.4 is 10.1 Å². The van der Waals surface area contributed by atoms with Gasteiger partial charge in [-0.05, 0) is 66.1 Å². The van der Waals surface area contributed by atoms with Gasteiger partial charge in [0.15, 0.2) is 11.5 Å². The summed E-state index contributed by atoms with van der Waals surface area (Å²) in [5, 5.41) is 11.8. The summed E-state index contributed by atoms with van der Waals surface area (Å²) in [4.78, 5) is 12.8. The van der Waals surface area contributed by atoms with Gasteiger partial charge in [-0.25, -0.2) is 4.63 Å². The molecule has 0 saturated carbocycles. The molecule has 0 saturated heterocycles. The first-order valence-corrected chi connectivity index (χ1v) is 8.83. The van der Waals surface area contributed by atoms with Crippen molar-refractivity contribution >= 4 is 34.3 Å². The number of carbonyl (C=O) groups excluding carboxylic acids is 1. The first-order chi connectivity index (χ1) is 13.5. The Morgan fingerprint density at radius 2 is 1.96 bits per heavy atom. The standard InChI is InChI=1S/C20H16ClN3O4/c1-10-8-13(26-3)5-6-14(10)17-19(24-28-23-17)22-20(25)18-11(2)15-9-12(21)4-7-16(15)27-18/h4-9H,1-3H3,(H,22,24,25). The highest BCUT2D eigenvalue weighted by Gasteiger charge is 2.22. The Morgan fingerprint density at radius 3 is 2.71 bits per heavy atom. The molecule has 4 rings (SSSR count). The molecule has 0 unspecified atom stereocenters. The van der Waals surface area contributed by atoms with Gasteiger partial charge in [0.25, 0.3) is 5.91 Å². The van der Waals surface area contributed by atoms with E-state index in [0.29, 0.717) is 21.9 Å². The number of nitrogens with one attached hydrogen (secondary N) is 1. The molecule has 0 radical (unpaired) electrons. The van der Waals surface area contributed by atoms with Gasteiger partial charge >= 0.3 is 0 Å². The van der Waals surface area contributed by atoms with Crippen LogP contribution in [0.25, 0.3) is 22.2 Å². The van der Waals surface area contributed by atoms with E-state index >= 15 is 0 Å². The van der Waals surface area contributed by atoms with E-state index in [2.05, 4.69) is 15.6 Å². The third-order valence-corrected chi connectivity index (χ3v) is 4.75. The van der Waals surface area contributed by atoms with Gasteiger partial charge < -0.3 is 9.15 Å². The van der Waals surface area contributed by atoms with E-state index < -0.39 is 5.91 Å². The number of benzene rings is 2. The minimum atomic E-state index is -0.451. The predicted molar refractivity (Wildman–Crippen MR) is 105 cm³/mol. The number of aromatic nitrogens is 2. The van der Waals surface area contributed by atoms with Crippen molar-refractivity contribution in [1.29, 1.82) is 0 Å². The van der Waals surface area contributed by atoms with E-state index in [1.54, 1.807) is 38.3 Å². The largest absolute Gasteiger partial charge is 0.497 e. The highest BCUT2D eigenvalue weighted by molar-refractivity contribution is 6.31. The van der Waals surface area contributed by atoms with Gasteiger partial charge in [0.1, 0.15) is 11.3 Å². The minimum absolute atomic E-state index is 0.178. The van der Waals surface area contributed by atoms with Gasteiger partial charge in [-0.3, -0.25) is 10.1 Å². The maximum absolute atomic E-state index is 12.8. The normalized spacial score (nSPS) is 11.0. The van der Waals surface area contributed by atoms with Crippen molar-refractivity contribution in [3.63, 3.8) is 0 Å². The Morgan fingerprint density at radius 1 is 1.14 bits per heavy atom. The van der Waals surface area contributed by atoms with Gasteiger partial charge in [0, 0.05) is 21.5 Å². The van der Waals surface area contributed by atoms with Crippen molar-refractivity contribution in [1.82, 2.24) is 10.3 Å². The summed E-state index contributed by atoms with van der Waals surface area (Å²) in [6.07, 6.45) is 0. The second kappa shape index (κ2) is 7.01. The van der Waals surface area contributed by atoms with Crippen LogP contribution in [0.5, 0.6) is 5.75 Å². The van der Waals surface area contributed by atoms with Crippen molar-refractivity contribution in [3.05, 3.63) is 58.3 Å². The number of nitrogens with zero attached hydrogens (tertiary/aromatic N) is 2. The summed E-state index contributed by atoms with van der Waals surface area (Å²) in [7, 11) is 1.60. The number of fused-ring (bicyclic) bond motifs is 1. The lowest BCUT2D eigenvalue weighted by Crippen LogP contribution is -2.13. The summed E-state index contributed by atoms with van der Waals surface area (Å²) < 4.78 is 15.8. The van der Waals surface area contributed by atoms with Crippen molar-refractivity contribution in [3.8, 4) is 17.0 Å². The smallest absolute Gasteiger partial charge is 0.292 e. The van der Waals surface area contributed by atoms with Crippen LogP contribution in [0, 0.1) is 13.8 Å². The molecule has 7 nitrogen and oxygen atoms in total. The molecular weight excluding hydrogens is 382 g/mol. The number of hydrogen-bond acceptors (Lipinski definition) is 6. The molecule has 0 spiro atoms. The monoisotopic (exact) mass is 397 g/mol. The maximum Gasteiger partial charge on any atom is 0.292 e. The molecule has 0 aliphatic heterocycles. The fourth-order valence-corrected chi connectivity index (χ4v) is 3.22. The lowest BCUT2D eigenvalue weighted by Gasteiger charge is -2.07. The molecule has 0 aliphatic carbocycles. The molecule has 1 N–H and O–H groups in total. The zero-order valence-corrected chi connectivity index (χ0v) is 16.1. The Hall–Kier alpha value is -3.32. The van der Waals surface area contributed by atoms with Crippen LogP contribution in [0.2, 0.25) is 5.02 Å². The Bertz CT molecular complexity index is 1200. The van der Waals surface area contributed by atoms with Gasteiger partial charge in [-0.15, -0.1) is 0 Å². The number of hydrogen-bond donors (Lipinski definition) is 1. The molecule has 4 aromatic rings. The average molecular weight is 398 g/mol. The number of anilines is 1. The van der Waals surface area contributed by atoms with E-state index in [-0.39, 0.29) is 11.6 Å². The predicted octanol–water partition coefficient (Wildman–Crippen LogP) is 5.01. The third kappa shape index (κ3) is 3.10. The number of aryl methyl sites for hydroxylation is 2. The zero-order chi connectivity index (χ0) is 19.8. The maximum atomic E-state index is 12.8. The highest BCUT2D eigenvalue weighted by Crippen LogP contribution is 2.32. The van der Waals surface area contributed by atoms with Crippen LogP contribution in [0.4, 0.5) is 5.82 Å². The number of halogens is 1. The molecular formula is C20H16ClN3O4. The lowest BCUT2D eigenvalue weighted by molar-refractivity contribution is 0.0997. The molecule has 1 amide bonds. The van der Waals surface area contributed by atoms with Crippen molar-refractivity contribution in [2.24, 2.45) is 0 Å². The molecule has 28 heavy (non-hydrogen) atoms. The highest BCUT2D eigenvalue weighted by atomic mass is 35.5. The lowest BCUT2D eigenvalue weighted by atomic mass is 10.1. The van der Waals surface area contributed by atoms with Crippen LogP contribution in [0.1, 0.15) is 21.7 Å². The Kier molecular flexibility index (Phi) is 4.52. The van der Waals surface area contributed by atoms with Crippen LogP contribution in [0.15, 0.2) is 45.4 Å². The topological polar surface area (TPSA) is 90.4 Å². The fraction of sp³-hybridized carbons (Fsp3) is 0.150. The van der Waals surface area contributed by atoms with Gasteiger partial charge in [-0.2, -0.15) is 0 Å². The van der Waals surface area contributed by atoms with E-state index in [9.17, 15) is 4.79 Å². The summed E-state index contributed by atoms with van der Waals surface area (Å²) in [6, 6.07) is 10.7. The third-order valence-electron chi connectivity index (χ3n) is 4.51.